The Morgan fingerprint density at radius 1 is 0.472 bits per heavy atom. The fourth-order valence-electron chi connectivity index (χ4n) is 5.77. The third-order valence-electron chi connectivity index (χ3n) is 6.47. The molecule has 0 aromatic heterocycles. The number of hydrogen-bond donors (Lipinski definition) is 0. The molecule has 1 unspecified atom stereocenters. The van der Waals surface area contributed by atoms with Crippen LogP contribution in [0.25, 0.3) is 0 Å². The molecule has 36 heavy (non-hydrogen) atoms. The summed E-state index contributed by atoms with van der Waals surface area (Å²) in [7, 11) is -10.5. The molecule has 216 valence electrons. The van der Waals surface area contributed by atoms with Gasteiger partial charge in [0.15, 0.2) is 0 Å². The van der Waals surface area contributed by atoms with Crippen LogP contribution in [-0.4, -0.2) is 85.9 Å². The van der Waals surface area contributed by atoms with Crippen LogP contribution in [0.5, 0.6) is 0 Å². The second-order valence-electron chi connectivity index (χ2n) is 8.38. The quantitative estimate of drug-likeness (QED) is 0.169. The van der Waals surface area contributed by atoms with Gasteiger partial charge in [0, 0.05) is 65.0 Å². The minimum atomic E-state index is -3.57. The lowest BCUT2D eigenvalue weighted by Crippen LogP contribution is -2.76. The molecule has 0 heterocycles. The average Bonchev–Trinajstić information content (AvgIpc) is 2.85. The molecule has 1 atom stereocenters. The third kappa shape index (κ3) is 6.89. The maximum absolute atomic E-state index is 6.70. The van der Waals surface area contributed by atoms with E-state index >= 15 is 0 Å². The first kappa shape index (κ1) is 34.3. The van der Waals surface area contributed by atoms with E-state index in [2.05, 4.69) is 0 Å². The van der Waals surface area contributed by atoms with E-state index in [-0.39, 0.29) is 5.54 Å². The van der Waals surface area contributed by atoms with Crippen LogP contribution in [-0.2, 0) is 39.8 Å². The molecule has 1 rings (SSSR count). The minimum Gasteiger partial charge on any atom is -0.374 e. The van der Waals surface area contributed by atoms with Crippen molar-refractivity contribution in [1.29, 1.82) is 0 Å². The van der Waals surface area contributed by atoms with Crippen LogP contribution < -0.4 is 0 Å². The summed E-state index contributed by atoms with van der Waals surface area (Å²) in [5, 5.41) is 0. The zero-order chi connectivity index (χ0) is 27.1. The molecule has 1 saturated carbocycles. The van der Waals surface area contributed by atoms with Crippen LogP contribution in [0, 0.1) is 0 Å². The van der Waals surface area contributed by atoms with Crippen molar-refractivity contribution in [2.45, 2.75) is 98.2 Å². The summed E-state index contributed by atoms with van der Waals surface area (Å²) < 4.78 is 59.1. The van der Waals surface area contributed by atoms with Crippen molar-refractivity contribution in [3.63, 3.8) is 0 Å². The van der Waals surface area contributed by atoms with Crippen molar-refractivity contribution in [2.75, 3.05) is 59.5 Å². The summed E-state index contributed by atoms with van der Waals surface area (Å²) in [5.74, 6) is 0. The average molecular weight is 571 g/mol. The lowest BCUT2D eigenvalue weighted by Gasteiger charge is -2.58. The van der Waals surface area contributed by atoms with Crippen molar-refractivity contribution in [3.8, 4) is 0 Å². The Balaban J connectivity index is 4.24. The molecule has 1 aliphatic carbocycles. The molecule has 0 aromatic carbocycles. The Morgan fingerprint density at radius 3 is 1.06 bits per heavy atom. The Morgan fingerprint density at radius 2 is 0.778 bits per heavy atom. The van der Waals surface area contributed by atoms with Crippen LogP contribution in [0.3, 0.4) is 0 Å². The van der Waals surface area contributed by atoms with Crippen molar-refractivity contribution in [3.05, 3.63) is 0 Å². The van der Waals surface area contributed by atoms with Gasteiger partial charge in [0.05, 0.1) is 0 Å². The zero-order valence-electron chi connectivity index (χ0n) is 24.4. The van der Waals surface area contributed by atoms with E-state index in [4.69, 9.17) is 39.8 Å². The van der Waals surface area contributed by atoms with Gasteiger partial charge in [-0.3, -0.25) is 0 Å². The normalized spacial score (nSPS) is 19.1. The molecule has 0 bridgehead atoms. The zero-order valence-corrected chi connectivity index (χ0v) is 27.4. The Bertz CT molecular complexity index is 508. The van der Waals surface area contributed by atoms with Gasteiger partial charge < -0.3 is 39.8 Å². The molecule has 0 N–H and O–H groups in total. The largest absolute Gasteiger partial charge is 0.512 e. The monoisotopic (exact) mass is 570 g/mol. The molecule has 0 radical (unpaired) electrons. The van der Waals surface area contributed by atoms with E-state index in [1.54, 1.807) is 0 Å². The van der Waals surface area contributed by atoms with E-state index in [0.717, 1.165) is 19.3 Å². The SMILES string of the molecule is CCO[Si](OCC)(OCC)C1CCCCC1([Si](OCC)(OCC)OCC)[Si](OCC)(OCC)OCC. The second-order valence-corrected chi connectivity index (χ2v) is 17.4. The molecule has 1 aliphatic rings. The van der Waals surface area contributed by atoms with Crippen molar-refractivity contribution in [1.82, 2.24) is 0 Å². The fourth-order valence-corrected chi connectivity index (χ4v) is 20.5. The maximum Gasteiger partial charge on any atom is 0.512 e. The number of rotatable bonds is 21. The van der Waals surface area contributed by atoms with Gasteiger partial charge in [-0.05, 0) is 75.2 Å². The van der Waals surface area contributed by atoms with Gasteiger partial charge in [0.2, 0.25) is 0 Å². The Kier molecular flexibility index (Phi) is 16.3. The second kappa shape index (κ2) is 17.1. The van der Waals surface area contributed by atoms with E-state index in [9.17, 15) is 0 Å². The summed E-state index contributed by atoms with van der Waals surface area (Å²) >= 11 is 0. The van der Waals surface area contributed by atoms with Gasteiger partial charge in [-0.1, -0.05) is 12.8 Å². The molecule has 0 amide bonds. The van der Waals surface area contributed by atoms with Gasteiger partial charge in [-0.15, -0.1) is 0 Å². The molecule has 0 aromatic rings. The van der Waals surface area contributed by atoms with Crippen LogP contribution in [0.4, 0.5) is 0 Å². The lowest BCUT2D eigenvalue weighted by atomic mass is 9.98. The summed E-state index contributed by atoms with van der Waals surface area (Å²) in [5.41, 5.74) is -0.230. The lowest BCUT2D eigenvalue weighted by molar-refractivity contribution is -0.0145. The van der Waals surface area contributed by atoms with Gasteiger partial charge in [0.1, 0.15) is 4.66 Å². The standard InChI is InChI=1S/C24H54O9Si3/c1-10-25-34(26-11-2,27-12-3)23-21-19-20-22-24(23,35(28-13-4,29-14-5)30-15-6)36(31-16-7,32-17-8)33-18-9/h23H,10-22H2,1-9H3. The molecule has 0 saturated heterocycles. The maximum atomic E-state index is 6.70. The van der Waals surface area contributed by atoms with Gasteiger partial charge in [-0.25, -0.2) is 0 Å². The van der Waals surface area contributed by atoms with Crippen molar-refractivity contribution in [2.24, 2.45) is 0 Å². The highest BCUT2D eigenvalue weighted by Crippen LogP contribution is 2.67. The summed E-state index contributed by atoms with van der Waals surface area (Å²) in [6, 6.07) is 0. The summed E-state index contributed by atoms with van der Waals surface area (Å²) in [6.45, 7) is 21.9. The first-order chi connectivity index (χ1) is 17.4. The molecule has 9 nitrogen and oxygen atoms in total. The van der Waals surface area contributed by atoms with Gasteiger partial charge in [-0.2, -0.15) is 0 Å². The molecular weight excluding hydrogens is 517 g/mol. The predicted molar refractivity (Wildman–Crippen MR) is 147 cm³/mol. The van der Waals surface area contributed by atoms with Crippen LogP contribution in [0.15, 0.2) is 0 Å². The first-order valence-corrected chi connectivity index (χ1v) is 19.4. The molecule has 0 spiro atoms. The molecule has 12 heteroatoms. The van der Waals surface area contributed by atoms with E-state index in [1.807, 2.05) is 62.3 Å². The molecular formula is C24H54O9Si3. The Labute approximate surface area is 223 Å². The van der Waals surface area contributed by atoms with Crippen molar-refractivity contribution < 1.29 is 39.8 Å². The van der Waals surface area contributed by atoms with E-state index in [1.165, 1.54) is 0 Å². The molecule has 0 aliphatic heterocycles. The topological polar surface area (TPSA) is 83.1 Å². The van der Waals surface area contributed by atoms with Gasteiger partial charge >= 0.3 is 26.4 Å². The van der Waals surface area contributed by atoms with Crippen LogP contribution in [0.1, 0.15) is 88.0 Å². The van der Waals surface area contributed by atoms with Crippen molar-refractivity contribution >= 4 is 26.4 Å². The third-order valence-corrected chi connectivity index (χ3v) is 20.0. The van der Waals surface area contributed by atoms with Gasteiger partial charge in [0.25, 0.3) is 0 Å². The van der Waals surface area contributed by atoms with Crippen LogP contribution in [0.2, 0.25) is 10.2 Å². The summed E-state index contributed by atoms with van der Waals surface area (Å²) in [6.07, 6.45) is 3.45. The smallest absolute Gasteiger partial charge is 0.374 e. The Hall–Kier alpha value is 0.291. The highest BCUT2D eigenvalue weighted by molar-refractivity contribution is 6.88. The van der Waals surface area contributed by atoms with Crippen LogP contribution >= 0.6 is 0 Å². The van der Waals surface area contributed by atoms with E-state index in [0.29, 0.717) is 65.9 Å². The highest BCUT2D eigenvalue weighted by atomic mass is 28.5. The van der Waals surface area contributed by atoms with E-state index < -0.39 is 31.1 Å². The highest BCUT2D eigenvalue weighted by Gasteiger charge is 2.83. The summed E-state index contributed by atoms with van der Waals surface area (Å²) in [4.78, 5) is 0. The predicted octanol–water partition coefficient (Wildman–Crippen LogP) is 5.36. The number of hydrogen-bond acceptors (Lipinski definition) is 9. The minimum absolute atomic E-state index is 0.230. The molecule has 1 fully saturated rings. The first-order valence-electron chi connectivity index (χ1n) is 14.1. The fraction of sp³-hybridized carbons (Fsp3) is 1.00.